The van der Waals surface area contributed by atoms with E-state index >= 15 is 0 Å². The molecule has 0 saturated carbocycles. The van der Waals surface area contributed by atoms with Gasteiger partial charge in [-0.05, 0) is 24.3 Å². The lowest BCUT2D eigenvalue weighted by atomic mass is 10.2. The second-order valence-electron chi connectivity index (χ2n) is 3.34. The van der Waals surface area contributed by atoms with Crippen LogP contribution in [0, 0.1) is 11.3 Å². The molecule has 74 valence electrons. The van der Waals surface area contributed by atoms with E-state index in [1.165, 1.54) is 0 Å². The molecule has 2 rings (SSSR count). The Morgan fingerprint density at radius 2 is 2.13 bits per heavy atom. The number of benzene rings is 1. The number of carbonyl (C=O) groups excluding carboxylic acids is 1. The van der Waals surface area contributed by atoms with E-state index in [0.29, 0.717) is 18.5 Å². The van der Waals surface area contributed by atoms with Crippen LogP contribution in [0.5, 0.6) is 0 Å². The third-order valence-corrected chi connectivity index (χ3v) is 2.19. The lowest BCUT2D eigenvalue weighted by Crippen LogP contribution is -2.25. The smallest absolute Gasteiger partial charge is 0.269 e. The molecule has 15 heavy (non-hydrogen) atoms. The molecule has 1 aliphatic rings. The van der Waals surface area contributed by atoms with Crippen molar-refractivity contribution < 1.29 is 9.48 Å². The van der Waals surface area contributed by atoms with Crippen molar-refractivity contribution in [1.29, 1.82) is 5.26 Å². The van der Waals surface area contributed by atoms with Gasteiger partial charge in [-0.25, -0.2) is 0 Å². The molecule has 1 saturated heterocycles. The molecule has 1 fully saturated rings. The Morgan fingerprint density at radius 3 is 2.67 bits per heavy atom. The van der Waals surface area contributed by atoms with Gasteiger partial charge in [0.1, 0.15) is 0 Å². The fourth-order valence-corrected chi connectivity index (χ4v) is 1.41. The van der Waals surface area contributed by atoms with Crippen LogP contribution in [0.4, 0.5) is 0 Å². The van der Waals surface area contributed by atoms with E-state index in [1.54, 1.807) is 16.8 Å². The van der Waals surface area contributed by atoms with Gasteiger partial charge in [0.05, 0.1) is 18.1 Å². The van der Waals surface area contributed by atoms with Crippen molar-refractivity contribution in [1.82, 2.24) is 5.43 Å². The van der Waals surface area contributed by atoms with Gasteiger partial charge in [-0.1, -0.05) is 0 Å². The van der Waals surface area contributed by atoms with Crippen LogP contribution >= 0.6 is 0 Å². The van der Waals surface area contributed by atoms with E-state index in [2.05, 4.69) is 11.5 Å². The number of nitrogens with zero attached hydrogens (tertiary/aromatic N) is 2. The molecule has 1 aromatic rings. The third-order valence-electron chi connectivity index (χ3n) is 2.19. The summed E-state index contributed by atoms with van der Waals surface area (Å²) in [5.74, 6) is 0.0416. The lowest BCUT2D eigenvalue weighted by Gasteiger charge is -1.92. The molecule has 1 N–H and O–H groups in total. The van der Waals surface area contributed by atoms with Gasteiger partial charge in [0.2, 0.25) is 6.21 Å². The topological polar surface area (TPSA) is 55.9 Å². The molecule has 1 amide bonds. The molecule has 0 bridgehead atoms. The van der Waals surface area contributed by atoms with E-state index in [1.807, 2.05) is 18.3 Å². The molecule has 1 aliphatic heterocycles. The van der Waals surface area contributed by atoms with Crippen molar-refractivity contribution in [3.63, 3.8) is 0 Å². The summed E-state index contributed by atoms with van der Waals surface area (Å²) in [6.07, 6.45) is 2.39. The average Bonchev–Trinajstić information content (AvgIpc) is 2.65. The Kier molecular flexibility index (Phi) is 2.46. The molecule has 0 atom stereocenters. The molecular formula is C11H10N3O+. The lowest BCUT2D eigenvalue weighted by molar-refractivity contribution is -0.553. The molecule has 0 radical (unpaired) electrons. The van der Waals surface area contributed by atoms with E-state index < -0.39 is 0 Å². The summed E-state index contributed by atoms with van der Waals surface area (Å²) in [6, 6.07) is 9.27. The van der Waals surface area contributed by atoms with Crippen LogP contribution in [0.25, 0.3) is 0 Å². The molecule has 1 heterocycles. The van der Waals surface area contributed by atoms with Crippen LogP contribution in [-0.4, -0.2) is 23.4 Å². The first-order chi connectivity index (χ1) is 7.28. The maximum Gasteiger partial charge on any atom is 0.280 e. The maximum atomic E-state index is 10.9. The van der Waals surface area contributed by atoms with E-state index in [0.717, 1.165) is 5.56 Å². The zero-order chi connectivity index (χ0) is 10.7. The summed E-state index contributed by atoms with van der Waals surface area (Å²) in [7, 11) is 0. The standard InChI is InChI=1S/C11H9N3O/c12-7-9-1-3-10(4-2-9)8-14-6-5-11(15)13-14/h1-4,8H,5-6H2/p+1/b14-8-. The molecule has 4 nitrogen and oxygen atoms in total. The number of nitrogens with one attached hydrogen (secondary N) is 1. The monoisotopic (exact) mass is 200 g/mol. The van der Waals surface area contributed by atoms with Crippen molar-refractivity contribution in [2.75, 3.05) is 6.54 Å². The highest BCUT2D eigenvalue weighted by Crippen LogP contribution is 2.01. The second-order valence-corrected chi connectivity index (χ2v) is 3.34. The van der Waals surface area contributed by atoms with Gasteiger partial charge >= 0.3 is 0 Å². The summed E-state index contributed by atoms with van der Waals surface area (Å²) >= 11 is 0. The summed E-state index contributed by atoms with van der Waals surface area (Å²) in [4.78, 5) is 10.9. The summed E-state index contributed by atoms with van der Waals surface area (Å²) in [5, 5.41) is 8.62. The molecule has 0 unspecified atom stereocenters. The summed E-state index contributed by atoms with van der Waals surface area (Å²) < 4.78 is 1.75. The van der Waals surface area contributed by atoms with E-state index in [4.69, 9.17) is 5.26 Å². The molecule has 1 aromatic carbocycles. The minimum Gasteiger partial charge on any atom is -0.269 e. The van der Waals surface area contributed by atoms with E-state index in [9.17, 15) is 4.79 Å². The van der Waals surface area contributed by atoms with Crippen molar-refractivity contribution in [2.45, 2.75) is 6.42 Å². The van der Waals surface area contributed by atoms with Gasteiger partial charge in [0.25, 0.3) is 5.91 Å². The first-order valence-corrected chi connectivity index (χ1v) is 4.69. The van der Waals surface area contributed by atoms with Gasteiger partial charge < -0.3 is 0 Å². The van der Waals surface area contributed by atoms with Gasteiger partial charge in [0, 0.05) is 5.56 Å². The minimum absolute atomic E-state index is 0.0416. The fraction of sp³-hybridized carbons (Fsp3) is 0.182. The number of hydrazine groups is 1. The van der Waals surface area contributed by atoms with Crippen molar-refractivity contribution >= 4 is 12.1 Å². The molecule has 0 aliphatic carbocycles. The first-order valence-electron chi connectivity index (χ1n) is 4.69. The fourth-order valence-electron chi connectivity index (χ4n) is 1.41. The molecule has 0 spiro atoms. The molecule has 0 aromatic heterocycles. The van der Waals surface area contributed by atoms with Crippen LogP contribution in [0.1, 0.15) is 17.5 Å². The Morgan fingerprint density at radius 1 is 1.40 bits per heavy atom. The SMILES string of the molecule is N#Cc1ccc(/C=[N+]2/CCC(=O)N2)cc1. The van der Waals surface area contributed by atoms with Gasteiger partial charge in [-0.15, -0.1) is 10.1 Å². The Hall–Kier alpha value is -2.15. The number of carbonyl (C=O) groups is 1. The predicted octanol–water partition coefficient (Wildman–Crippen LogP) is 0.425. The van der Waals surface area contributed by atoms with Crippen LogP contribution in [0.3, 0.4) is 0 Å². The summed E-state index contributed by atoms with van der Waals surface area (Å²) in [6.45, 7) is 0.693. The van der Waals surface area contributed by atoms with Gasteiger partial charge in [-0.2, -0.15) is 5.26 Å². The number of hydrazone groups is 1. The molecule has 4 heteroatoms. The van der Waals surface area contributed by atoms with Gasteiger partial charge in [0.15, 0.2) is 6.54 Å². The largest absolute Gasteiger partial charge is 0.280 e. The number of nitriles is 1. The number of hydrogen-bond donors (Lipinski definition) is 1. The number of hydrogen-bond acceptors (Lipinski definition) is 2. The summed E-state index contributed by atoms with van der Waals surface area (Å²) in [5.41, 5.74) is 4.31. The highest BCUT2D eigenvalue weighted by molar-refractivity contribution is 5.79. The van der Waals surface area contributed by atoms with Crippen LogP contribution in [0.2, 0.25) is 0 Å². The van der Waals surface area contributed by atoms with Crippen molar-refractivity contribution in [2.24, 2.45) is 0 Å². The zero-order valence-corrected chi connectivity index (χ0v) is 8.10. The molecular weight excluding hydrogens is 190 g/mol. The maximum absolute atomic E-state index is 10.9. The first kappa shape index (κ1) is 9.41. The Labute approximate surface area is 87.4 Å². The van der Waals surface area contributed by atoms with Crippen LogP contribution in [0.15, 0.2) is 24.3 Å². The number of amides is 1. The van der Waals surface area contributed by atoms with Crippen LogP contribution in [-0.2, 0) is 4.79 Å². The number of rotatable bonds is 1. The Balaban J connectivity index is 2.18. The average molecular weight is 200 g/mol. The third kappa shape index (κ3) is 2.20. The highest BCUT2D eigenvalue weighted by Gasteiger charge is 2.20. The minimum atomic E-state index is 0.0416. The van der Waals surface area contributed by atoms with E-state index in [-0.39, 0.29) is 5.91 Å². The Bertz CT molecular complexity index is 454. The zero-order valence-electron chi connectivity index (χ0n) is 8.10. The van der Waals surface area contributed by atoms with Gasteiger partial charge in [-0.3, -0.25) is 4.79 Å². The van der Waals surface area contributed by atoms with Crippen LogP contribution < -0.4 is 5.43 Å². The predicted molar refractivity (Wildman–Crippen MR) is 54.2 cm³/mol. The van der Waals surface area contributed by atoms with Crippen molar-refractivity contribution in [3.05, 3.63) is 35.4 Å². The van der Waals surface area contributed by atoms with Crippen molar-refractivity contribution in [3.8, 4) is 6.07 Å². The second kappa shape index (κ2) is 3.93. The quantitative estimate of drug-likeness (QED) is 0.668. The normalized spacial score (nSPS) is 17.5. The highest BCUT2D eigenvalue weighted by atomic mass is 16.2.